The highest BCUT2D eigenvalue weighted by atomic mass is 16.3. The molecule has 2 aliphatic carbocycles. The molecule has 8 nitrogen and oxygen atoms in total. The van der Waals surface area contributed by atoms with Crippen LogP contribution in [0.2, 0.25) is 0 Å². The van der Waals surface area contributed by atoms with E-state index in [1.54, 1.807) is 0 Å². The van der Waals surface area contributed by atoms with Crippen LogP contribution >= 0.6 is 0 Å². The number of carbonyl (C=O) groups excluding carboxylic acids is 3. The van der Waals surface area contributed by atoms with E-state index in [-0.39, 0.29) is 30.9 Å². The smallest absolute Gasteiger partial charge is 0.225 e. The third kappa shape index (κ3) is 7.94. The fourth-order valence-electron chi connectivity index (χ4n) is 6.26. The van der Waals surface area contributed by atoms with Crippen LogP contribution in [0.25, 0.3) is 0 Å². The second kappa shape index (κ2) is 12.9. The van der Waals surface area contributed by atoms with Gasteiger partial charge in [0.2, 0.25) is 17.7 Å². The van der Waals surface area contributed by atoms with Crippen molar-refractivity contribution >= 4 is 17.7 Å². The lowest BCUT2D eigenvalue weighted by Crippen LogP contribution is -2.43. The first-order valence-electron chi connectivity index (χ1n) is 13.1. The molecule has 0 heterocycles. The molecular formula is C26H48N4O4. The van der Waals surface area contributed by atoms with Crippen molar-refractivity contribution in [1.29, 1.82) is 0 Å². The summed E-state index contributed by atoms with van der Waals surface area (Å²) in [7, 11) is 3.99. The van der Waals surface area contributed by atoms with Crippen molar-refractivity contribution in [2.24, 2.45) is 46.7 Å². The zero-order chi connectivity index (χ0) is 25.5. The van der Waals surface area contributed by atoms with Crippen molar-refractivity contribution in [2.75, 3.05) is 40.3 Å². The third-order valence-electron chi connectivity index (χ3n) is 8.29. The molecule has 2 bridgehead atoms. The molecule has 0 aromatic rings. The Morgan fingerprint density at radius 2 is 1.76 bits per heavy atom. The maximum absolute atomic E-state index is 13.0. The van der Waals surface area contributed by atoms with Gasteiger partial charge in [0, 0.05) is 30.3 Å². The Morgan fingerprint density at radius 3 is 2.32 bits per heavy atom. The van der Waals surface area contributed by atoms with E-state index in [1.165, 1.54) is 19.3 Å². The molecule has 2 saturated carbocycles. The molecule has 0 aliphatic heterocycles. The average molecular weight is 481 g/mol. The van der Waals surface area contributed by atoms with Crippen LogP contribution in [0.4, 0.5) is 0 Å². The number of aliphatic hydroxyl groups excluding tert-OH is 1. The number of aliphatic hydroxyl groups is 1. The predicted molar refractivity (Wildman–Crippen MR) is 134 cm³/mol. The lowest BCUT2D eigenvalue weighted by molar-refractivity contribution is -0.133. The first kappa shape index (κ1) is 28.6. The standard InChI is InChI=1S/C26H48N4O4/c1-17-18-7-8-19(13-18)22(17)15-20(23(27)32)14-21(24(33)28-10-12-31)16-26(2,3)25(34)29-9-6-11-30(4)5/h17-22,31H,6-16H2,1-5H3,(H2,27,32)(H,28,33)(H,29,34). The van der Waals surface area contributed by atoms with E-state index in [1.807, 2.05) is 27.9 Å². The van der Waals surface area contributed by atoms with Crippen LogP contribution in [-0.4, -0.2) is 68.1 Å². The number of primary amides is 1. The minimum atomic E-state index is -0.777. The number of hydrogen-bond donors (Lipinski definition) is 4. The number of fused-ring (bicyclic) bond motifs is 2. The van der Waals surface area contributed by atoms with E-state index in [0.29, 0.717) is 37.1 Å². The summed E-state index contributed by atoms with van der Waals surface area (Å²) < 4.78 is 0. The third-order valence-corrected chi connectivity index (χ3v) is 8.29. The highest BCUT2D eigenvalue weighted by Crippen LogP contribution is 2.54. The molecule has 0 aromatic carbocycles. The number of amides is 3. The largest absolute Gasteiger partial charge is 0.395 e. The van der Waals surface area contributed by atoms with E-state index < -0.39 is 17.3 Å². The van der Waals surface area contributed by atoms with Gasteiger partial charge >= 0.3 is 0 Å². The zero-order valence-corrected chi connectivity index (χ0v) is 21.9. The Morgan fingerprint density at radius 1 is 1.09 bits per heavy atom. The molecule has 34 heavy (non-hydrogen) atoms. The lowest BCUT2D eigenvalue weighted by Gasteiger charge is -2.33. The zero-order valence-electron chi connectivity index (χ0n) is 21.9. The van der Waals surface area contributed by atoms with Gasteiger partial charge in [0.05, 0.1) is 6.61 Å². The molecule has 0 saturated heterocycles. The molecule has 6 atom stereocenters. The summed E-state index contributed by atoms with van der Waals surface area (Å²) in [5.74, 6) is 0.877. The van der Waals surface area contributed by atoms with Gasteiger partial charge in [-0.15, -0.1) is 0 Å². The van der Waals surface area contributed by atoms with E-state index >= 15 is 0 Å². The van der Waals surface area contributed by atoms with Crippen molar-refractivity contribution in [3.63, 3.8) is 0 Å². The highest BCUT2D eigenvalue weighted by molar-refractivity contribution is 5.84. The molecule has 0 radical (unpaired) electrons. The number of carbonyl (C=O) groups is 3. The van der Waals surface area contributed by atoms with E-state index in [0.717, 1.165) is 25.3 Å². The molecule has 5 N–H and O–H groups in total. The number of hydrogen-bond acceptors (Lipinski definition) is 5. The summed E-state index contributed by atoms with van der Waals surface area (Å²) in [6.45, 7) is 7.44. The van der Waals surface area contributed by atoms with Gasteiger partial charge in [-0.25, -0.2) is 0 Å². The molecular weight excluding hydrogens is 432 g/mol. The monoisotopic (exact) mass is 480 g/mol. The van der Waals surface area contributed by atoms with Crippen molar-refractivity contribution in [2.45, 2.75) is 65.7 Å². The second-order valence-corrected chi connectivity index (χ2v) is 11.6. The van der Waals surface area contributed by atoms with Crippen LogP contribution in [0.15, 0.2) is 0 Å². The molecule has 0 spiro atoms. The molecule has 2 fully saturated rings. The van der Waals surface area contributed by atoms with Gasteiger partial charge in [0.15, 0.2) is 0 Å². The summed E-state index contributed by atoms with van der Waals surface area (Å²) in [5.41, 5.74) is 5.07. The van der Waals surface area contributed by atoms with Crippen molar-refractivity contribution < 1.29 is 19.5 Å². The Hall–Kier alpha value is -1.67. The number of rotatable bonds is 15. The molecule has 6 unspecified atom stereocenters. The van der Waals surface area contributed by atoms with Gasteiger partial charge in [-0.3, -0.25) is 14.4 Å². The Bertz CT molecular complexity index is 694. The number of nitrogens with two attached hydrogens (primary N) is 1. The quantitative estimate of drug-likeness (QED) is 0.266. The average Bonchev–Trinajstić information content (AvgIpc) is 3.35. The number of nitrogens with zero attached hydrogens (tertiary/aromatic N) is 1. The van der Waals surface area contributed by atoms with Crippen LogP contribution in [0.5, 0.6) is 0 Å². The molecule has 196 valence electrons. The predicted octanol–water partition coefficient (Wildman–Crippen LogP) is 1.76. The van der Waals surface area contributed by atoms with Gasteiger partial charge < -0.3 is 26.4 Å². The lowest BCUT2D eigenvalue weighted by atomic mass is 9.72. The fraction of sp³-hybridized carbons (Fsp3) is 0.885. The van der Waals surface area contributed by atoms with Crippen LogP contribution in [-0.2, 0) is 14.4 Å². The maximum Gasteiger partial charge on any atom is 0.225 e. The van der Waals surface area contributed by atoms with E-state index in [4.69, 9.17) is 5.73 Å². The summed E-state index contributed by atoms with van der Waals surface area (Å²) in [5, 5.41) is 14.9. The minimum Gasteiger partial charge on any atom is -0.395 e. The van der Waals surface area contributed by atoms with Crippen LogP contribution in [0.3, 0.4) is 0 Å². The normalized spacial score (nSPS) is 25.9. The minimum absolute atomic E-state index is 0.0939. The summed E-state index contributed by atoms with van der Waals surface area (Å²) in [4.78, 5) is 40.5. The Kier molecular flexibility index (Phi) is 10.8. The fourth-order valence-corrected chi connectivity index (χ4v) is 6.26. The van der Waals surface area contributed by atoms with Gasteiger partial charge in [-0.1, -0.05) is 20.8 Å². The summed E-state index contributed by atoms with van der Waals surface area (Å²) >= 11 is 0. The topological polar surface area (TPSA) is 125 Å². The van der Waals surface area contributed by atoms with Gasteiger partial charge in [0.1, 0.15) is 0 Å². The van der Waals surface area contributed by atoms with E-state index in [9.17, 15) is 19.5 Å². The summed E-state index contributed by atoms with van der Waals surface area (Å²) in [6, 6.07) is 0. The van der Waals surface area contributed by atoms with Crippen LogP contribution in [0, 0.1) is 40.9 Å². The number of nitrogens with one attached hydrogen (secondary N) is 2. The SMILES string of the molecule is CC1C2CCC(C2)C1CC(CC(CC(C)(C)C(=O)NCCCN(C)C)C(=O)NCCO)C(N)=O. The molecule has 2 aliphatic rings. The highest BCUT2D eigenvalue weighted by Gasteiger charge is 2.46. The van der Waals surface area contributed by atoms with Gasteiger partial charge in [0.25, 0.3) is 0 Å². The van der Waals surface area contributed by atoms with Crippen LogP contribution in [0.1, 0.15) is 65.7 Å². The Balaban J connectivity index is 2.06. The Labute approximate surface area is 205 Å². The summed E-state index contributed by atoms with van der Waals surface area (Å²) in [6.07, 6.45) is 5.99. The van der Waals surface area contributed by atoms with Gasteiger partial charge in [-0.05, 0) is 89.3 Å². The molecule has 0 aromatic heterocycles. The molecule has 2 rings (SSSR count). The van der Waals surface area contributed by atoms with Crippen LogP contribution < -0.4 is 16.4 Å². The second-order valence-electron chi connectivity index (χ2n) is 11.6. The first-order chi connectivity index (χ1) is 16.0. The van der Waals surface area contributed by atoms with Gasteiger partial charge in [-0.2, -0.15) is 0 Å². The molecule has 8 heteroatoms. The van der Waals surface area contributed by atoms with Crippen molar-refractivity contribution in [3.8, 4) is 0 Å². The first-order valence-corrected chi connectivity index (χ1v) is 13.1. The van der Waals surface area contributed by atoms with E-state index in [2.05, 4.69) is 22.5 Å². The maximum atomic E-state index is 13.0. The van der Waals surface area contributed by atoms with Crippen molar-refractivity contribution in [1.82, 2.24) is 15.5 Å². The molecule has 3 amide bonds. The van der Waals surface area contributed by atoms with Crippen molar-refractivity contribution in [3.05, 3.63) is 0 Å².